The van der Waals surface area contributed by atoms with Crippen molar-refractivity contribution >= 4 is 5.78 Å². The summed E-state index contributed by atoms with van der Waals surface area (Å²) >= 11 is 0. The third-order valence-corrected chi connectivity index (χ3v) is 2.32. The zero-order chi connectivity index (χ0) is 11.2. The number of aromatic hydroxyl groups is 1. The minimum atomic E-state index is -0.778. The maximum absolute atomic E-state index is 13.0. The third-order valence-electron chi connectivity index (χ3n) is 2.32. The Morgan fingerprint density at radius 1 is 1.47 bits per heavy atom. The molecule has 0 radical (unpaired) electrons. The number of fused-ring (bicyclic) bond motifs is 1. The van der Waals surface area contributed by atoms with Crippen molar-refractivity contribution in [3.8, 4) is 11.5 Å². The molecule has 1 aliphatic rings. The molecule has 0 amide bonds. The molecule has 1 heterocycles. The van der Waals surface area contributed by atoms with E-state index in [0.29, 0.717) is 0 Å². The summed E-state index contributed by atoms with van der Waals surface area (Å²) in [5, 5.41) is 9.14. The van der Waals surface area contributed by atoms with Gasteiger partial charge in [-0.15, -0.1) is 0 Å². The van der Waals surface area contributed by atoms with Crippen molar-refractivity contribution < 1.29 is 19.0 Å². The van der Waals surface area contributed by atoms with E-state index in [1.54, 1.807) is 13.8 Å². The Kier molecular flexibility index (Phi) is 1.96. The number of carbonyl (C=O) groups excluding carboxylic acids is 1. The van der Waals surface area contributed by atoms with Crippen molar-refractivity contribution in [3.05, 3.63) is 23.5 Å². The fourth-order valence-corrected chi connectivity index (χ4v) is 1.66. The van der Waals surface area contributed by atoms with Crippen LogP contribution in [0.3, 0.4) is 0 Å². The smallest absolute Gasteiger partial charge is 0.170 e. The Hall–Kier alpha value is -1.58. The van der Waals surface area contributed by atoms with Crippen LogP contribution in [-0.4, -0.2) is 16.5 Å². The number of ether oxygens (including phenoxy) is 1. The minimum Gasteiger partial charge on any atom is -0.505 e. The van der Waals surface area contributed by atoms with Crippen molar-refractivity contribution in [1.29, 1.82) is 0 Å². The van der Waals surface area contributed by atoms with Crippen molar-refractivity contribution in [2.24, 2.45) is 0 Å². The SMILES string of the molecule is CC1(C)CC(=O)c2cc(O)c(F)cc2O1. The van der Waals surface area contributed by atoms with Crippen LogP contribution in [0.1, 0.15) is 30.6 Å². The highest BCUT2D eigenvalue weighted by Crippen LogP contribution is 2.36. The van der Waals surface area contributed by atoms with Crippen LogP contribution in [0.25, 0.3) is 0 Å². The molecule has 0 saturated carbocycles. The molecule has 0 spiro atoms. The average molecular weight is 210 g/mol. The van der Waals surface area contributed by atoms with Gasteiger partial charge in [0.2, 0.25) is 0 Å². The summed E-state index contributed by atoms with van der Waals surface area (Å²) in [7, 11) is 0. The number of phenolic OH excluding ortho intramolecular Hbond substituents is 1. The Balaban J connectivity index is 2.56. The van der Waals surface area contributed by atoms with E-state index >= 15 is 0 Å². The largest absolute Gasteiger partial charge is 0.505 e. The van der Waals surface area contributed by atoms with E-state index in [0.717, 1.165) is 12.1 Å². The molecule has 0 bridgehead atoms. The minimum absolute atomic E-state index is 0.142. The molecule has 0 unspecified atom stereocenters. The van der Waals surface area contributed by atoms with Gasteiger partial charge in [-0.1, -0.05) is 0 Å². The summed E-state index contributed by atoms with van der Waals surface area (Å²) in [5.41, 5.74) is -0.374. The first kappa shape index (κ1) is 9.96. The van der Waals surface area contributed by atoms with Crippen LogP contribution in [0, 0.1) is 5.82 Å². The molecule has 0 saturated heterocycles. The molecule has 0 atom stereocenters. The Labute approximate surface area is 86.5 Å². The number of Topliss-reactive ketones (excluding diaryl/α,β-unsaturated/α-hetero) is 1. The molecule has 0 aliphatic carbocycles. The van der Waals surface area contributed by atoms with Gasteiger partial charge in [0.25, 0.3) is 0 Å². The lowest BCUT2D eigenvalue weighted by molar-refractivity contribution is 0.0616. The zero-order valence-corrected chi connectivity index (χ0v) is 8.50. The summed E-state index contributed by atoms with van der Waals surface area (Å²) in [5.74, 6) is -1.24. The van der Waals surface area contributed by atoms with E-state index in [9.17, 15) is 9.18 Å². The lowest BCUT2D eigenvalue weighted by Crippen LogP contribution is -2.35. The lowest BCUT2D eigenvalue weighted by Gasteiger charge is -2.31. The molecular weight excluding hydrogens is 199 g/mol. The standard InChI is InChI=1S/C11H11FO3/c1-11(2)5-9(14)6-3-8(13)7(12)4-10(6)15-11/h3-4,13H,5H2,1-2H3. The summed E-state index contributed by atoms with van der Waals surface area (Å²) in [4.78, 5) is 11.7. The van der Waals surface area contributed by atoms with Crippen LogP contribution in [0.4, 0.5) is 4.39 Å². The molecule has 0 fully saturated rings. The highest BCUT2D eigenvalue weighted by molar-refractivity contribution is 6.00. The predicted octanol–water partition coefficient (Wildman–Crippen LogP) is 2.28. The molecule has 0 aromatic heterocycles. The molecule has 3 nitrogen and oxygen atoms in total. The molecule has 1 aliphatic heterocycles. The van der Waals surface area contributed by atoms with Crippen LogP contribution in [0.2, 0.25) is 0 Å². The topological polar surface area (TPSA) is 46.5 Å². The van der Waals surface area contributed by atoms with E-state index in [2.05, 4.69) is 0 Å². The molecule has 2 rings (SSSR count). The number of hydrogen-bond acceptors (Lipinski definition) is 3. The molecule has 1 aromatic carbocycles. The van der Waals surface area contributed by atoms with E-state index in [-0.39, 0.29) is 23.5 Å². The van der Waals surface area contributed by atoms with Crippen LogP contribution < -0.4 is 4.74 Å². The van der Waals surface area contributed by atoms with Crippen molar-refractivity contribution in [2.75, 3.05) is 0 Å². The van der Waals surface area contributed by atoms with Gasteiger partial charge in [0.15, 0.2) is 17.3 Å². The number of hydrogen-bond donors (Lipinski definition) is 1. The molecule has 15 heavy (non-hydrogen) atoms. The van der Waals surface area contributed by atoms with E-state index < -0.39 is 17.2 Å². The van der Waals surface area contributed by atoms with Gasteiger partial charge in [-0.05, 0) is 19.9 Å². The van der Waals surface area contributed by atoms with Gasteiger partial charge in [-0.2, -0.15) is 0 Å². The highest BCUT2D eigenvalue weighted by Gasteiger charge is 2.33. The number of halogens is 1. The van der Waals surface area contributed by atoms with Crippen LogP contribution in [0.15, 0.2) is 12.1 Å². The predicted molar refractivity (Wildman–Crippen MR) is 51.7 cm³/mol. The normalized spacial score (nSPS) is 18.2. The quantitative estimate of drug-likeness (QED) is 0.714. The maximum Gasteiger partial charge on any atom is 0.170 e. The Morgan fingerprint density at radius 2 is 2.13 bits per heavy atom. The number of ketones is 1. The molecule has 4 heteroatoms. The zero-order valence-electron chi connectivity index (χ0n) is 8.50. The van der Waals surface area contributed by atoms with Gasteiger partial charge in [-0.25, -0.2) is 4.39 Å². The molecular formula is C11H11FO3. The fourth-order valence-electron chi connectivity index (χ4n) is 1.66. The van der Waals surface area contributed by atoms with Crippen LogP contribution in [-0.2, 0) is 0 Å². The van der Waals surface area contributed by atoms with Crippen molar-refractivity contribution in [2.45, 2.75) is 25.9 Å². The van der Waals surface area contributed by atoms with Gasteiger partial charge in [0, 0.05) is 6.07 Å². The second kappa shape index (κ2) is 2.95. The van der Waals surface area contributed by atoms with Crippen LogP contribution in [0.5, 0.6) is 11.5 Å². The summed E-state index contributed by atoms with van der Waals surface area (Å²) < 4.78 is 18.5. The maximum atomic E-state index is 13.0. The third kappa shape index (κ3) is 1.67. The van der Waals surface area contributed by atoms with Crippen molar-refractivity contribution in [3.63, 3.8) is 0 Å². The Bertz CT molecular complexity index is 438. The summed E-state index contributed by atoms with van der Waals surface area (Å²) in [6.07, 6.45) is 0.227. The fraction of sp³-hybridized carbons (Fsp3) is 0.364. The van der Waals surface area contributed by atoms with Gasteiger partial charge >= 0.3 is 0 Å². The molecule has 1 aromatic rings. The first-order valence-corrected chi connectivity index (χ1v) is 4.64. The Morgan fingerprint density at radius 3 is 2.80 bits per heavy atom. The average Bonchev–Trinajstić information content (AvgIpc) is 2.07. The lowest BCUT2D eigenvalue weighted by atomic mass is 9.93. The van der Waals surface area contributed by atoms with Crippen molar-refractivity contribution in [1.82, 2.24) is 0 Å². The second-order valence-corrected chi connectivity index (χ2v) is 4.26. The van der Waals surface area contributed by atoms with Gasteiger partial charge in [-0.3, -0.25) is 4.79 Å². The number of phenols is 1. The monoisotopic (exact) mass is 210 g/mol. The number of carbonyl (C=O) groups is 1. The van der Waals surface area contributed by atoms with E-state index in [4.69, 9.17) is 9.84 Å². The van der Waals surface area contributed by atoms with Gasteiger partial charge in [0.1, 0.15) is 11.4 Å². The molecule has 1 N–H and O–H groups in total. The highest BCUT2D eigenvalue weighted by atomic mass is 19.1. The summed E-state index contributed by atoms with van der Waals surface area (Å²) in [6, 6.07) is 2.16. The van der Waals surface area contributed by atoms with E-state index in [1.807, 2.05) is 0 Å². The number of benzene rings is 1. The van der Waals surface area contributed by atoms with Gasteiger partial charge in [0.05, 0.1) is 12.0 Å². The van der Waals surface area contributed by atoms with Gasteiger partial charge < -0.3 is 9.84 Å². The first-order chi connectivity index (χ1) is 6.89. The summed E-state index contributed by atoms with van der Waals surface area (Å²) in [6.45, 7) is 3.53. The number of rotatable bonds is 0. The van der Waals surface area contributed by atoms with Crippen LogP contribution >= 0.6 is 0 Å². The molecule has 80 valence electrons. The second-order valence-electron chi connectivity index (χ2n) is 4.26. The first-order valence-electron chi connectivity index (χ1n) is 4.64. The van der Waals surface area contributed by atoms with E-state index in [1.165, 1.54) is 0 Å².